The summed E-state index contributed by atoms with van der Waals surface area (Å²) < 4.78 is 0. The number of hydrogen-bond donors (Lipinski definition) is 1. The lowest BCUT2D eigenvalue weighted by atomic mass is 9.85. The minimum Gasteiger partial charge on any atom is -0.321 e. The summed E-state index contributed by atoms with van der Waals surface area (Å²) in [5.41, 5.74) is 5.81. The van der Waals surface area contributed by atoms with Gasteiger partial charge in [-0.3, -0.25) is 4.79 Å². The number of Topliss-reactive ketones (excluding diaryl/α,β-unsaturated/α-hetero) is 1. The zero-order chi connectivity index (χ0) is 9.89. The van der Waals surface area contributed by atoms with E-state index in [1.165, 1.54) is 0 Å². The Kier molecular flexibility index (Phi) is 4.46. The van der Waals surface area contributed by atoms with E-state index in [0.717, 1.165) is 0 Å². The summed E-state index contributed by atoms with van der Waals surface area (Å²) >= 11 is 0. The fraction of sp³-hybridized carbons (Fsp3) is 0.900. The Labute approximate surface area is 75.5 Å². The smallest absolute Gasteiger partial charge is 0.152 e. The van der Waals surface area contributed by atoms with E-state index in [2.05, 4.69) is 13.8 Å². The minimum absolute atomic E-state index is 0.0567. The van der Waals surface area contributed by atoms with Gasteiger partial charge < -0.3 is 5.73 Å². The summed E-state index contributed by atoms with van der Waals surface area (Å²) in [5.74, 6) is 0.986. The molecule has 0 aromatic heterocycles. The quantitative estimate of drug-likeness (QED) is 0.701. The van der Waals surface area contributed by atoms with Crippen LogP contribution in [0.15, 0.2) is 0 Å². The molecule has 0 aromatic carbocycles. The number of carbonyl (C=O) groups is 1. The van der Waals surface area contributed by atoms with E-state index >= 15 is 0 Å². The molecule has 72 valence electrons. The summed E-state index contributed by atoms with van der Waals surface area (Å²) in [7, 11) is 0. The van der Waals surface area contributed by atoms with Gasteiger partial charge in [0.1, 0.15) is 0 Å². The Morgan fingerprint density at radius 1 is 1.08 bits per heavy atom. The van der Waals surface area contributed by atoms with E-state index in [1.807, 2.05) is 20.8 Å². The molecule has 0 aromatic rings. The van der Waals surface area contributed by atoms with Crippen molar-refractivity contribution in [1.82, 2.24) is 0 Å². The minimum atomic E-state index is -0.287. The normalized spacial score (nSPS) is 16.7. The molecule has 0 fully saturated rings. The molecule has 0 heterocycles. The van der Waals surface area contributed by atoms with Crippen molar-refractivity contribution in [2.75, 3.05) is 0 Å². The Morgan fingerprint density at radius 2 is 1.50 bits per heavy atom. The number of ketones is 1. The van der Waals surface area contributed by atoms with Crippen LogP contribution in [-0.2, 0) is 4.79 Å². The van der Waals surface area contributed by atoms with Crippen LogP contribution in [0.5, 0.6) is 0 Å². The van der Waals surface area contributed by atoms with Gasteiger partial charge in [0.2, 0.25) is 0 Å². The molecule has 0 spiro atoms. The number of rotatable bonds is 4. The van der Waals surface area contributed by atoms with E-state index in [1.54, 1.807) is 0 Å². The van der Waals surface area contributed by atoms with E-state index in [9.17, 15) is 4.79 Å². The van der Waals surface area contributed by atoms with Crippen LogP contribution in [0, 0.1) is 17.8 Å². The highest BCUT2D eigenvalue weighted by Gasteiger charge is 2.24. The molecule has 2 N–H and O–H groups in total. The van der Waals surface area contributed by atoms with Crippen molar-refractivity contribution in [2.24, 2.45) is 23.5 Å². The number of nitrogens with two attached hydrogens (primary N) is 1. The van der Waals surface area contributed by atoms with Crippen LogP contribution in [0.4, 0.5) is 0 Å². The molecule has 0 bridgehead atoms. The molecule has 0 rings (SSSR count). The average molecular weight is 171 g/mol. The molecule has 2 nitrogen and oxygen atoms in total. The number of carbonyl (C=O) groups excluding carboxylic acids is 1. The molecule has 0 saturated heterocycles. The van der Waals surface area contributed by atoms with Crippen LogP contribution < -0.4 is 5.73 Å². The van der Waals surface area contributed by atoms with Gasteiger partial charge >= 0.3 is 0 Å². The van der Waals surface area contributed by atoms with Crippen molar-refractivity contribution in [3.05, 3.63) is 0 Å². The van der Waals surface area contributed by atoms with Crippen molar-refractivity contribution < 1.29 is 4.79 Å². The van der Waals surface area contributed by atoms with Crippen LogP contribution in [0.3, 0.4) is 0 Å². The molecule has 0 radical (unpaired) electrons. The van der Waals surface area contributed by atoms with Crippen LogP contribution in [0.2, 0.25) is 0 Å². The van der Waals surface area contributed by atoms with Crippen LogP contribution >= 0.6 is 0 Å². The highest BCUT2D eigenvalue weighted by molar-refractivity contribution is 5.85. The Balaban J connectivity index is 4.19. The lowest BCUT2D eigenvalue weighted by molar-refractivity contribution is -0.124. The third-order valence-corrected chi connectivity index (χ3v) is 2.52. The fourth-order valence-corrected chi connectivity index (χ4v) is 1.06. The lowest BCUT2D eigenvalue weighted by Gasteiger charge is -2.23. The number of hydrogen-bond acceptors (Lipinski definition) is 2. The van der Waals surface area contributed by atoms with E-state index in [0.29, 0.717) is 5.92 Å². The van der Waals surface area contributed by atoms with Crippen LogP contribution in [-0.4, -0.2) is 11.8 Å². The maximum atomic E-state index is 11.5. The van der Waals surface area contributed by atoms with Crippen LogP contribution in [0.25, 0.3) is 0 Å². The summed E-state index contributed by atoms with van der Waals surface area (Å²) in [5, 5.41) is 0. The maximum absolute atomic E-state index is 11.5. The monoisotopic (exact) mass is 171 g/mol. The molecule has 0 aliphatic rings. The van der Waals surface area contributed by atoms with Gasteiger partial charge in [-0.25, -0.2) is 0 Å². The van der Waals surface area contributed by atoms with Crippen molar-refractivity contribution in [3.8, 4) is 0 Å². The third-order valence-electron chi connectivity index (χ3n) is 2.52. The predicted molar refractivity (Wildman–Crippen MR) is 51.8 cm³/mol. The summed E-state index contributed by atoms with van der Waals surface area (Å²) in [6.07, 6.45) is 0. The predicted octanol–water partition coefficient (Wildman–Crippen LogP) is 1.83. The largest absolute Gasteiger partial charge is 0.321 e. The van der Waals surface area contributed by atoms with Gasteiger partial charge in [-0.15, -0.1) is 0 Å². The highest BCUT2D eigenvalue weighted by atomic mass is 16.1. The summed E-state index contributed by atoms with van der Waals surface area (Å²) in [6, 6.07) is -0.287. The van der Waals surface area contributed by atoms with Gasteiger partial charge in [0.05, 0.1) is 6.04 Å². The van der Waals surface area contributed by atoms with Gasteiger partial charge in [0.15, 0.2) is 5.78 Å². The molecule has 12 heavy (non-hydrogen) atoms. The topological polar surface area (TPSA) is 43.1 Å². The molecule has 0 saturated carbocycles. The molecule has 2 atom stereocenters. The standard InChI is InChI=1S/C10H21NO/c1-6(2)8(5)9(11)10(12)7(3)4/h6-9H,11H2,1-5H3/t8-,9-/m0/s1. The van der Waals surface area contributed by atoms with Gasteiger partial charge in [0.25, 0.3) is 0 Å². The van der Waals surface area contributed by atoms with E-state index in [-0.39, 0.29) is 23.7 Å². The van der Waals surface area contributed by atoms with E-state index < -0.39 is 0 Å². The van der Waals surface area contributed by atoms with Crippen molar-refractivity contribution in [3.63, 3.8) is 0 Å². The van der Waals surface area contributed by atoms with Gasteiger partial charge in [-0.1, -0.05) is 34.6 Å². The second kappa shape index (κ2) is 4.61. The van der Waals surface area contributed by atoms with Gasteiger partial charge in [0, 0.05) is 5.92 Å². The Hall–Kier alpha value is -0.370. The average Bonchev–Trinajstić information content (AvgIpc) is 2.00. The first kappa shape index (κ1) is 11.6. The maximum Gasteiger partial charge on any atom is 0.152 e. The van der Waals surface area contributed by atoms with Crippen molar-refractivity contribution in [1.29, 1.82) is 0 Å². The zero-order valence-corrected chi connectivity index (χ0v) is 8.79. The van der Waals surface area contributed by atoms with E-state index in [4.69, 9.17) is 5.73 Å². The highest BCUT2D eigenvalue weighted by Crippen LogP contribution is 2.15. The Morgan fingerprint density at radius 3 is 1.75 bits per heavy atom. The summed E-state index contributed by atoms with van der Waals surface area (Å²) in [4.78, 5) is 11.5. The van der Waals surface area contributed by atoms with Crippen molar-refractivity contribution in [2.45, 2.75) is 40.7 Å². The first-order valence-corrected chi connectivity index (χ1v) is 4.67. The van der Waals surface area contributed by atoms with Gasteiger partial charge in [-0.2, -0.15) is 0 Å². The third kappa shape index (κ3) is 2.94. The lowest BCUT2D eigenvalue weighted by Crippen LogP contribution is -2.41. The SMILES string of the molecule is CC(C)C(=O)[C@@H](N)[C@@H](C)C(C)C. The molecule has 2 heteroatoms. The molecule has 0 aliphatic heterocycles. The van der Waals surface area contributed by atoms with Crippen molar-refractivity contribution >= 4 is 5.78 Å². The fourth-order valence-electron chi connectivity index (χ4n) is 1.06. The molecule has 0 unspecified atom stereocenters. The summed E-state index contributed by atoms with van der Waals surface area (Å²) in [6.45, 7) is 10.0. The first-order chi connectivity index (χ1) is 5.37. The zero-order valence-electron chi connectivity index (χ0n) is 8.79. The van der Waals surface area contributed by atoms with Crippen LogP contribution in [0.1, 0.15) is 34.6 Å². The molecular weight excluding hydrogens is 150 g/mol. The molecular formula is C10H21NO. The Bertz CT molecular complexity index is 152. The molecule has 0 amide bonds. The second-order valence-corrected chi connectivity index (χ2v) is 4.19. The second-order valence-electron chi connectivity index (χ2n) is 4.19. The van der Waals surface area contributed by atoms with Gasteiger partial charge in [-0.05, 0) is 11.8 Å². The first-order valence-electron chi connectivity index (χ1n) is 4.67. The molecule has 0 aliphatic carbocycles.